The Morgan fingerprint density at radius 2 is 1.55 bits per heavy atom. The molecule has 0 radical (unpaired) electrons. The van der Waals surface area contributed by atoms with E-state index in [9.17, 15) is 0 Å². The van der Waals surface area contributed by atoms with Crippen LogP contribution in [-0.4, -0.2) is 6.04 Å². The van der Waals surface area contributed by atoms with Gasteiger partial charge in [0.1, 0.15) is 0 Å². The third-order valence-electron chi connectivity index (χ3n) is 0.966. The average Bonchev–Trinajstić information content (AvgIpc) is 2.13. The minimum atomic E-state index is 0.519. The van der Waals surface area contributed by atoms with Crippen molar-refractivity contribution in [3.63, 3.8) is 0 Å². The van der Waals surface area contributed by atoms with E-state index in [1.54, 1.807) is 0 Å². The molecule has 1 N–H and O–H groups in total. The Morgan fingerprint density at radius 1 is 1.00 bits per heavy atom. The lowest BCUT2D eigenvalue weighted by Crippen LogP contribution is -2.18. The minimum absolute atomic E-state index is 0.519. The van der Waals surface area contributed by atoms with Gasteiger partial charge in [-0.2, -0.15) is 0 Å². The van der Waals surface area contributed by atoms with Crippen molar-refractivity contribution in [1.82, 2.24) is 5.32 Å². The van der Waals surface area contributed by atoms with Crippen LogP contribution in [0.15, 0.2) is 24.4 Å². The molecule has 1 rings (SSSR count). The average molecular weight is 155 g/mol. The molecule has 0 fully saturated rings. The third-order valence-corrected chi connectivity index (χ3v) is 0.966. The molecule has 0 aromatic heterocycles. The molecule has 1 atom stereocenters. The first-order valence-corrected chi connectivity index (χ1v) is 4.49. The Bertz CT molecular complexity index is 103. The molecule has 1 aliphatic heterocycles. The molecule has 0 spiro atoms. The van der Waals surface area contributed by atoms with Crippen molar-refractivity contribution in [2.75, 3.05) is 0 Å². The van der Waals surface area contributed by atoms with E-state index >= 15 is 0 Å². The van der Waals surface area contributed by atoms with Gasteiger partial charge in [-0.25, -0.2) is 0 Å². The predicted octanol–water partition coefficient (Wildman–Crippen LogP) is 3.10. The number of hydrogen-bond acceptors (Lipinski definition) is 1. The Morgan fingerprint density at radius 3 is 1.73 bits per heavy atom. The molecule has 0 aromatic carbocycles. The van der Waals surface area contributed by atoms with Gasteiger partial charge in [0.15, 0.2) is 0 Å². The molecule has 0 aliphatic carbocycles. The Hall–Kier alpha value is -0.720. The normalized spacial score (nSPS) is 18.5. The second kappa shape index (κ2) is 12.0. The van der Waals surface area contributed by atoms with Crippen LogP contribution < -0.4 is 5.32 Å². The lowest BCUT2D eigenvalue weighted by atomic mass is 10.2. The van der Waals surface area contributed by atoms with Crippen LogP contribution in [0.5, 0.6) is 0 Å². The lowest BCUT2D eigenvalue weighted by molar-refractivity contribution is 0.761. The molecule has 0 saturated heterocycles. The van der Waals surface area contributed by atoms with E-state index < -0.39 is 0 Å². The standard InChI is InChI=1S/C6H9N.2C2H6/c1-6-4-2-3-5-7-6;2*1-2/h2-7H,1H3;2*1-2H3. The molecule has 1 aliphatic rings. The maximum atomic E-state index is 3.11. The zero-order valence-electron chi connectivity index (χ0n) is 8.39. The Labute approximate surface area is 71.2 Å². The van der Waals surface area contributed by atoms with Crippen molar-refractivity contribution in [3.8, 4) is 0 Å². The summed E-state index contributed by atoms with van der Waals surface area (Å²) in [5, 5.41) is 3.11. The monoisotopic (exact) mass is 155 g/mol. The third kappa shape index (κ3) is 9.28. The smallest absolute Gasteiger partial charge is 0.0413 e. The van der Waals surface area contributed by atoms with Crippen LogP contribution in [0.4, 0.5) is 0 Å². The second-order valence-electron chi connectivity index (χ2n) is 1.70. The molecule has 66 valence electrons. The van der Waals surface area contributed by atoms with E-state index in [0.717, 1.165) is 0 Å². The van der Waals surface area contributed by atoms with Crippen molar-refractivity contribution in [2.24, 2.45) is 0 Å². The number of rotatable bonds is 0. The first-order chi connectivity index (χ1) is 5.39. The number of nitrogens with one attached hydrogen (secondary N) is 1. The van der Waals surface area contributed by atoms with Crippen LogP contribution in [0.25, 0.3) is 0 Å². The zero-order valence-corrected chi connectivity index (χ0v) is 8.39. The van der Waals surface area contributed by atoms with Crippen molar-refractivity contribution < 1.29 is 0 Å². The number of allylic oxidation sites excluding steroid dienone is 2. The van der Waals surface area contributed by atoms with E-state index in [0.29, 0.717) is 6.04 Å². The maximum absolute atomic E-state index is 3.11. The van der Waals surface area contributed by atoms with Gasteiger partial charge in [-0.1, -0.05) is 39.8 Å². The fraction of sp³-hybridized carbons (Fsp3) is 0.600. The molecular formula is C10H21N. The van der Waals surface area contributed by atoms with Gasteiger partial charge in [0.25, 0.3) is 0 Å². The number of hydrogen-bond donors (Lipinski definition) is 1. The van der Waals surface area contributed by atoms with E-state index in [1.807, 2.05) is 46.0 Å². The quantitative estimate of drug-likeness (QED) is 0.567. The summed E-state index contributed by atoms with van der Waals surface area (Å²) in [4.78, 5) is 0. The molecule has 0 amide bonds. The largest absolute Gasteiger partial charge is 0.385 e. The van der Waals surface area contributed by atoms with Gasteiger partial charge in [-0.05, 0) is 19.2 Å². The van der Waals surface area contributed by atoms with Gasteiger partial charge < -0.3 is 5.32 Å². The number of dihydropyridines is 1. The summed E-state index contributed by atoms with van der Waals surface area (Å²) in [6.45, 7) is 10.1. The SMILES string of the molecule is CC.CC.CC1C=CC=CN1. The summed E-state index contributed by atoms with van der Waals surface area (Å²) in [6.07, 6.45) is 8.09. The van der Waals surface area contributed by atoms with Crippen molar-refractivity contribution in [3.05, 3.63) is 24.4 Å². The highest BCUT2D eigenvalue weighted by Gasteiger charge is 1.90. The summed E-state index contributed by atoms with van der Waals surface area (Å²) in [5.74, 6) is 0. The molecule has 0 aromatic rings. The van der Waals surface area contributed by atoms with Gasteiger partial charge in [-0.3, -0.25) is 0 Å². The maximum Gasteiger partial charge on any atom is 0.0413 e. The summed E-state index contributed by atoms with van der Waals surface area (Å²) in [7, 11) is 0. The fourth-order valence-electron chi connectivity index (χ4n) is 0.549. The Balaban J connectivity index is 0. The fourth-order valence-corrected chi connectivity index (χ4v) is 0.549. The van der Waals surface area contributed by atoms with Crippen molar-refractivity contribution in [1.29, 1.82) is 0 Å². The van der Waals surface area contributed by atoms with Crippen LogP contribution >= 0.6 is 0 Å². The summed E-state index contributed by atoms with van der Waals surface area (Å²) < 4.78 is 0. The predicted molar refractivity (Wildman–Crippen MR) is 53.6 cm³/mol. The summed E-state index contributed by atoms with van der Waals surface area (Å²) in [5.41, 5.74) is 0. The highest BCUT2D eigenvalue weighted by molar-refractivity contribution is 5.10. The second-order valence-corrected chi connectivity index (χ2v) is 1.70. The van der Waals surface area contributed by atoms with Crippen LogP contribution in [0.1, 0.15) is 34.6 Å². The van der Waals surface area contributed by atoms with Gasteiger partial charge in [0, 0.05) is 6.04 Å². The van der Waals surface area contributed by atoms with Gasteiger partial charge in [0.2, 0.25) is 0 Å². The topological polar surface area (TPSA) is 12.0 Å². The van der Waals surface area contributed by atoms with Gasteiger partial charge in [-0.15, -0.1) is 0 Å². The van der Waals surface area contributed by atoms with Crippen LogP contribution in [0, 0.1) is 0 Å². The van der Waals surface area contributed by atoms with E-state index in [-0.39, 0.29) is 0 Å². The minimum Gasteiger partial charge on any atom is -0.385 e. The van der Waals surface area contributed by atoms with Crippen LogP contribution in [0.3, 0.4) is 0 Å². The highest BCUT2D eigenvalue weighted by Crippen LogP contribution is 1.90. The summed E-state index contributed by atoms with van der Waals surface area (Å²) in [6, 6.07) is 0.519. The van der Waals surface area contributed by atoms with E-state index in [4.69, 9.17) is 0 Å². The van der Waals surface area contributed by atoms with Gasteiger partial charge in [0.05, 0.1) is 0 Å². The molecule has 1 heterocycles. The first kappa shape index (κ1) is 12.9. The molecule has 0 saturated carbocycles. The lowest BCUT2D eigenvalue weighted by Gasteiger charge is -2.07. The van der Waals surface area contributed by atoms with Crippen LogP contribution in [-0.2, 0) is 0 Å². The highest BCUT2D eigenvalue weighted by atomic mass is 14.9. The molecule has 11 heavy (non-hydrogen) atoms. The van der Waals surface area contributed by atoms with Crippen molar-refractivity contribution >= 4 is 0 Å². The molecular weight excluding hydrogens is 134 g/mol. The molecule has 1 nitrogen and oxygen atoms in total. The zero-order chi connectivity index (χ0) is 9.11. The van der Waals surface area contributed by atoms with Gasteiger partial charge >= 0.3 is 0 Å². The molecule has 1 heteroatoms. The summed E-state index contributed by atoms with van der Waals surface area (Å²) >= 11 is 0. The Kier molecular flexibility index (Phi) is 14.1. The molecule has 0 bridgehead atoms. The van der Waals surface area contributed by atoms with E-state index in [1.165, 1.54) is 0 Å². The van der Waals surface area contributed by atoms with Crippen LogP contribution in [0.2, 0.25) is 0 Å². The van der Waals surface area contributed by atoms with Crippen molar-refractivity contribution in [2.45, 2.75) is 40.7 Å². The molecule has 1 unspecified atom stereocenters. The first-order valence-electron chi connectivity index (χ1n) is 4.49. The van der Waals surface area contributed by atoms with E-state index in [2.05, 4.69) is 18.3 Å².